The van der Waals surface area contributed by atoms with E-state index in [1.807, 2.05) is 6.07 Å². The topological polar surface area (TPSA) is 76.2 Å². The Morgan fingerprint density at radius 1 is 1.00 bits per heavy atom. The molecule has 200 valence electrons. The number of methoxy groups -OCH3 is 2. The molecule has 2 amide bonds. The summed E-state index contributed by atoms with van der Waals surface area (Å²) in [7, 11) is 3.12. The van der Waals surface area contributed by atoms with Crippen molar-refractivity contribution in [2.45, 2.75) is 31.9 Å². The lowest BCUT2D eigenvalue weighted by Gasteiger charge is -2.36. The van der Waals surface area contributed by atoms with Crippen LogP contribution in [0.3, 0.4) is 0 Å². The van der Waals surface area contributed by atoms with Gasteiger partial charge in [0.1, 0.15) is 9.57 Å². The van der Waals surface area contributed by atoms with Crippen LogP contribution in [0.5, 0.6) is 11.5 Å². The van der Waals surface area contributed by atoms with Crippen LogP contribution in [-0.2, 0) is 9.59 Å². The van der Waals surface area contributed by atoms with Gasteiger partial charge in [0, 0.05) is 25.1 Å². The first-order valence-electron chi connectivity index (χ1n) is 12.6. The van der Waals surface area contributed by atoms with Crippen molar-refractivity contribution in [3.05, 3.63) is 59.7 Å². The van der Waals surface area contributed by atoms with Gasteiger partial charge in [-0.1, -0.05) is 50.0 Å². The molecule has 2 saturated heterocycles. The number of thiocarbonyl (C=S) groups is 1. The maximum Gasteiger partial charge on any atom is 0.247 e. The zero-order chi connectivity index (χ0) is 27.4. The van der Waals surface area contributed by atoms with Crippen LogP contribution in [0.25, 0.3) is 6.08 Å². The molecule has 0 bridgehead atoms. The second-order valence-electron chi connectivity index (χ2n) is 9.85. The van der Waals surface area contributed by atoms with Crippen molar-refractivity contribution in [1.82, 2.24) is 4.90 Å². The molecule has 4 rings (SSSR count). The molecular formula is C29H32N2O5S2. The Hall–Kier alpha value is -3.17. The fourth-order valence-corrected chi connectivity index (χ4v) is 6.45. The molecule has 0 spiro atoms. The lowest BCUT2D eigenvalue weighted by Crippen LogP contribution is -2.41. The summed E-state index contributed by atoms with van der Waals surface area (Å²) in [4.78, 5) is 42.0. The smallest absolute Gasteiger partial charge is 0.247 e. The number of carbonyl (C=O) groups is 3. The number of hydrogen-bond acceptors (Lipinski definition) is 7. The molecule has 0 radical (unpaired) electrons. The summed E-state index contributed by atoms with van der Waals surface area (Å²) in [6.07, 6.45) is 4.44. The third-order valence-corrected chi connectivity index (χ3v) is 8.38. The van der Waals surface area contributed by atoms with Crippen LogP contribution in [-0.4, -0.2) is 59.4 Å². The summed E-state index contributed by atoms with van der Waals surface area (Å²) in [5, 5.41) is -0.534. The fraction of sp³-hybridized carbons (Fsp3) is 0.379. The van der Waals surface area contributed by atoms with Crippen LogP contribution < -0.4 is 14.4 Å². The van der Waals surface area contributed by atoms with Crippen molar-refractivity contribution in [1.29, 1.82) is 0 Å². The number of piperidine rings is 1. The Morgan fingerprint density at radius 2 is 1.66 bits per heavy atom. The predicted octanol–water partition coefficient (Wildman–Crippen LogP) is 5.23. The normalized spacial score (nSPS) is 21.7. The molecule has 3 atom stereocenters. The van der Waals surface area contributed by atoms with Crippen molar-refractivity contribution in [3.63, 3.8) is 0 Å². The summed E-state index contributed by atoms with van der Waals surface area (Å²) in [5.41, 5.74) is 1.69. The van der Waals surface area contributed by atoms with E-state index in [-0.39, 0.29) is 24.0 Å². The lowest BCUT2D eigenvalue weighted by atomic mass is 9.92. The van der Waals surface area contributed by atoms with Crippen molar-refractivity contribution in [3.8, 4) is 11.5 Å². The molecule has 0 aliphatic carbocycles. The average Bonchev–Trinajstić information content (AvgIpc) is 3.18. The van der Waals surface area contributed by atoms with Crippen LogP contribution >= 0.6 is 24.0 Å². The monoisotopic (exact) mass is 552 g/mol. The van der Waals surface area contributed by atoms with E-state index < -0.39 is 5.25 Å². The number of thioether (sulfide) groups is 1. The number of likely N-dealkylation sites (tertiary alicyclic amines) is 1. The summed E-state index contributed by atoms with van der Waals surface area (Å²) in [6.45, 7) is 6.18. The SMILES string of the molecule is COc1ccc(/C=C/C(=O)c2ccc(N3C(=O)CC(SC(=S)N4CC(C)CC(C)C4)C3=O)cc2)cc1OC. The number of nitrogens with zero attached hydrogens (tertiary/aromatic N) is 2. The molecule has 0 aromatic heterocycles. The van der Waals surface area contributed by atoms with E-state index in [1.165, 1.54) is 29.2 Å². The van der Waals surface area contributed by atoms with Gasteiger partial charge in [-0.2, -0.15) is 0 Å². The number of anilines is 1. The molecule has 2 heterocycles. The van der Waals surface area contributed by atoms with Gasteiger partial charge in [-0.05, 0) is 66.3 Å². The Kier molecular flexibility index (Phi) is 8.89. The van der Waals surface area contributed by atoms with Crippen LogP contribution in [0.15, 0.2) is 48.5 Å². The first-order chi connectivity index (χ1) is 18.2. The van der Waals surface area contributed by atoms with Crippen LogP contribution in [0.1, 0.15) is 42.6 Å². The largest absolute Gasteiger partial charge is 0.493 e. The van der Waals surface area contributed by atoms with Crippen molar-refractivity contribution < 1.29 is 23.9 Å². The molecule has 2 aliphatic rings. The van der Waals surface area contributed by atoms with Gasteiger partial charge in [-0.25, -0.2) is 4.90 Å². The average molecular weight is 553 g/mol. The third-order valence-electron chi connectivity index (χ3n) is 6.72. The minimum absolute atomic E-state index is 0.108. The number of ketones is 1. The number of imide groups is 1. The first kappa shape index (κ1) is 27.9. The van der Waals surface area contributed by atoms with Gasteiger partial charge in [-0.3, -0.25) is 14.4 Å². The third kappa shape index (κ3) is 6.27. The van der Waals surface area contributed by atoms with Gasteiger partial charge < -0.3 is 14.4 Å². The first-order valence-corrected chi connectivity index (χ1v) is 13.9. The van der Waals surface area contributed by atoms with Crippen LogP contribution in [0.2, 0.25) is 0 Å². The summed E-state index contributed by atoms with van der Waals surface area (Å²) >= 11 is 6.96. The number of amides is 2. The highest BCUT2D eigenvalue weighted by Crippen LogP contribution is 2.33. The second-order valence-corrected chi connectivity index (χ2v) is 11.7. The minimum Gasteiger partial charge on any atom is -0.493 e. The quantitative estimate of drug-likeness (QED) is 0.200. The van der Waals surface area contributed by atoms with Gasteiger partial charge in [0.25, 0.3) is 0 Å². The van der Waals surface area contributed by atoms with E-state index in [9.17, 15) is 14.4 Å². The van der Waals surface area contributed by atoms with Gasteiger partial charge in [0.15, 0.2) is 17.3 Å². The van der Waals surface area contributed by atoms with Crippen molar-refractivity contribution in [2.24, 2.45) is 11.8 Å². The van der Waals surface area contributed by atoms with E-state index >= 15 is 0 Å². The molecule has 3 unspecified atom stereocenters. The Morgan fingerprint density at radius 3 is 2.29 bits per heavy atom. The molecular weight excluding hydrogens is 520 g/mol. The number of ether oxygens (including phenoxy) is 2. The molecule has 38 heavy (non-hydrogen) atoms. The number of hydrogen-bond donors (Lipinski definition) is 0. The Labute approximate surface area is 233 Å². The van der Waals surface area contributed by atoms with Crippen LogP contribution in [0.4, 0.5) is 5.69 Å². The van der Waals surface area contributed by atoms with E-state index in [0.29, 0.717) is 38.9 Å². The minimum atomic E-state index is -0.534. The summed E-state index contributed by atoms with van der Waals surface area (Å²) < 4.78 is 11.2. The van der Waals surface area contributed by atoms with Gasteiger partial charge in [0.05, 0.1) is 19.9 Å². The fourth-order valence-electron chi connectivity index (χ4n) is 4.98. The Bertz CT molecular complexity index is 1250. The maximum atomic E-state index is 13.1. The highest BCUT2D eigenvalue weighted by atomic mass is 32.2. The molecule has 9 heteroatoms. The maximum absolute atomic E-state index is 13.1. The predicted molar refractivity (Wildman–Crippen MR) is 155 cm³/mol. The number of rotatable bonds is 7. The second kappa shape index (κ2) is 12.1. The number of carbonyl (C=O) groups excluding carboxylic acids is 3. The lowest BCUT2D eigenvalue weighted by molar-refractivity contribution is -0.121. The molecule has 0 N–H and O–H groups in total. The molecule has 0 saturated carbocycles. The van der Waals surface area contributed by atoms with Crippen LogP contribution in [0, 0.1) is 11.8 Å². The van der Waals surface area contributed by atoms with Gasteiger partial charge in [-0.15, -0.1) is 0 Å². The van der Waals surface area contributed by atoms with E-state index in [4.69, 9.17) is 21.7 Å². The molecule has 7 nitrogen and oxygen atoms in total. The van der Waals surface area contributed by atoms with E-state index in [0.717, 1.165) is 18.7 Å². The zero-order valence-electron chi connectivity index (χ0n) is 22.0. The summed E-state index contributed by atoms with van der Waals surface area (Å²) in [5.74, 6) is 1.54. The standard InChI is InChI=1S/C29H32N2O5S2/c1-18-13-19(2)17-30(16-18)29(37)38-26-15-27(33)31(28(26)34)22-9-7-21(8-10-22)23(32)11-5-20-6-12-24(35-3)25(14-20)36-4/h5-12,14,18-19,26H,13,15-17H2,1-4H3/b11-5+. The zero-order valence-corrected chi connectivity index (χ0v) is 23.6. The highest BCUT2D eigenvalue weighted by Gasteiger charge is 2.41. The number of benzene rings is 2. The van der Waals surface area contributed by atoms with Gasteiger partial charge >= 0.3 is 0 Å². The number of allylic oxidation sites excluding steroid dienone is 1. The van der Waals surface area contributed by atoms with Crippen molar-refractivity contribution in [2.75, 3.05) is 32.2 Å². The molecule has 2 aromatic carbocycles. The molecule has 2 fully saturated rings. The molecule has 2 aromatic rings. The summed E-state index contributed by atoms with van der Waals surface area (Å²) in [6, 6.07) is 11.9. The Balaban J connectivity index is 1.39. The molecule has 2 aliphatic heterocycles. The van der Waals surface area contributed by atoms with Crippen molar-refractivity contribution >= 4 is 57.7 Å². The van der Waals surface area contributed by atoms with E-state index in [1.54, 1.807) is 56.7 Å². The van der Waals surface area contributed by atoms with Gasteiger partial charge in [0.2, 0.25) is 11.8 Å². The highest BCUT2D eigenvalue weighted by molar-refractivity contribution is 8.23. The van der Waals surface area contributed by atoms with E-state index in [2.05, 4.69) is 18.7 Å².